The van der Waals surface area contributed by atoms with Crippen molar-refractivity contribution in [1.82, 2.24) is 5.32 Å². The normalized spacial score (nSPS) is 13.6. The minimum atomic E-state index is -0.800. The fourth-order valence-electron chi connectivity index (χ4n) is 8.29. The molecule has 0 rings (SSSR count). The van der Waals surface area contributed by atoms with E-state index in [1.165, 1.54) is 154 Å². The maximum Gasteiger partial charge on any atom is 0.306 e. The molecule has 372 valence electrons. The first-order chi connectivity index (χ1) is 31.5. The lowest BCUT2D eigenvalue weighted by molar-refractivity contribution is -0.151. The van der Waals surface area contributed by atoms with Crippen molar-refractivity contribution >= 4 is 11.9 Å². The fraction of sp³-hybridized carbons (Fsp3) is 0.793. The third-order valence-corrected chi connectivity index (χ3v) is 12.5. The largest absolute Gasteiger partial charge is 0.462 e. The van der Waals surface area contributed by atoms with Crippen molar-refractivity contribution in [3.05, 3.63) is 60.8 Å². The van der Waals surface area contributed by atoms with E-state index in [4.69, 9.17) is 4.74 Å². The number of unbranched alkanes of at least 4 members (excludes halogenated alkanes) is 31. The van der Waals surface area contributed by atoms with Crippen molar-refractivity contribution < 1.29 is 24.5 Å². The van der Waals surface area contributed by atoms with E-state index < -0.39 is 18.2 Å². The van der Waals surface area contributed by atoms with Crippen molar-refractivity contribution in [3.63, 3.8) is 0 Å². The van der Waals surface area contributed by atoms with Gasteiger partial charge in [-0.05, 0) is 44.9 Å². The summed E-state index contributed by atoms with van der Waals surface area (Å²) in [5, 5.41) is 23.8. The molecule has 0 aromatic heterocycles. The summed E-state index contributed by atoms with van der Waals surface area (Å²) in [6, 6.07) is -0.716. The Kier molecular flexibility index (Phi) is 49.6. The monoisotopic (exact) mass is 896 g/mol. The molecule has 0 aliphatic rings. The lowest BCUT2D eigenvalue weighted by Crippen LogP contribution is -2.46. The molecular weight excluding hydrogens is 791 g/mol. The number of carbonyl (C=O) groups is 2. The van der Waals surface area contributed by atoms with Crippen molar-refractivity contribution in [2.75, 3.05) is 6.61 Å². The van der Waals surface area contributed by atoms with Crippen LogP contribution in [0.3, 0.4) is 0 Å². The molecule has 0 spiro atoms. The number of allylic oxidation sites excluding steroid dienone is 10. The third-order valence-electron chi connectivity index (χ3n) is 12.5. The molecule has 3 unspecified atom stereocenters. The van der Waals surface area contributed by atoms with E-state index in [0.29, 0.717) is 19.3 Å². The van der Waals surface area contributed by atoms with Crippen LogP contribution in [0.25, 0.3) is 0 Å². The van der Waals surface area contributed by atoms with Crippen LogP contribution in [0, 0.1) is 0 Å². The quantitative estimate of drug-likeness (QED) is 0.0321. The van der Waals surface area contributed by atoms with Gasteiger partial charge in [0, 0.05) is 6.42 Å². The Morgan fingerprint density at radius 3 is 1.27 bits per heavy atom. The van der Waals surface area contributed by atoms with E-state index in [9.17, 15) is 19.8 Å². The number of esters is 1. The summed E-state index contributed by atoms with van der Waals surface area (Å²) in [5.74, 6) is -0.507. The summed E-state index contributed by atoms with van der Waals surface area (Å²) in [7, 11) is 0. The molecule has 6 heteroatoms. The minimum absolute atomic E-state index is 0.0507. The second-order valence-electron chi connectivity index (χ2n) is 18.8. The molecule has 0 aliphatic carbocycles. The fourth-order valence-corrected chi connectivity index (χ4v) is 8.29. The van der Waals surface area contributed by atoms with Crippen molar-refractivity contribution in [2.24, 2.45) is 0 Å². The van der Waals surface area contributed by atoms with Crippen molar-refractivity contribution in [3.8, 4) is 0 Å². The SMILES string of the molecule is CCC/C=C/C=C/C=C/C=C/C=C/CCCCCC(CC(=O)NC(CO)C(O)CCCCCCCCCCCCCCCCC)OC(=O)CCCCCCCCCCCCCCCC. The van der Waals surface area contributed by atoms with E-state index in [1.807, 2.05) is 36.5 Å². The van der Waals surface area contributed by atoms with Crippen LogP contribution >= 0.6 is 0 Å². The van der Waals surface area contributed by atoms with Gasteiger partial charge in [0.1, 0.15) is 6.10 Å². The average molecular weight is 896 g/mol. The zero-order valence-corrected chi connectivity index (χ0v) is 42.4. The summed E-state index contributed by atoms with van der Waals surface area (Å²) < 4.78 is 5.93. The summed E-state index contributed by atoms with van der Waals surface area (Å²) in [4.78, 5) is 26.2. The van der Waals surface area contributed by atoms with Crippen LogP contribution in [0.4, 0.5) is 0 Å². The lowest BCUT2D eigenvalue weighted by Gasteiger charge is -2.24. The van der Waals surface area contributed by atoms with Crippen molar-refractivity contribution in [2.45, 2.75) is 289 Å². The van der Waals surface area contributed by atoms with Gasteiger partial charge >= 0.3 is 5.97 Å². The van der Waals surface area contributed by atoms with Crippen molar-refractivity contribution in [1.29, 1.82) is 0 Å². The van der Waals surface area contributed by atoms with Gasteiger partial charge in [-0.15, -0.1) is 0 Å². The summed E-state index contributed by atoms with van der Waals surface area (Å²) in [6.07, 6.45) is 64.2. The molecule has 0 aliphatic heterocycles. The van der Waals surface area contributed by atoms with Gasteiger partial charge in [-0.2, -0.15) is 0 Å². The number of amides is 1. The number of hydrogen-bond acceptors (Lipinski definition) is 5. The van der Waals surface area contributed by atoms with Crippen LogP contribution in [0.2, 0.25) is 0 Å². The topological polar surface area (TPSA) is 95.9 Å². The van der Waals surface area contributed by atoms with Crippen LogP contribution in [-0.2, 0) is 14.3 Å². The smallest absolute Gasteiger partial charge is 0.306 e. The number of aliphatic hydroxyl groups is 2. The van der Waals surface area contributed by atoms with Crippen LogP contribution in [0.1, 0.15) is 271 Å². The van der Waals surface area contributed by atoms with E-state index in [-0.39, 0.29) is 24.9 Å². The number of ether oxygens (including phenoxy) is 1. The number of nitrogens with one attached hydrogen (secondary N) is 1. The molecule has 6 nitrogen and oxygen atoms in total. The molecule has 0 aromatic rings. The Morgan fingerprint density at radius 2 is 0.828 bits per heavy atom. The Bertz CT molecular complexity index is 1140. The maximum atomic E-state index is 13.2. The van der Waals surface area contributed by atoms with Gasteiger partial charge in [0.05, 0.1) is 25.2 Å². The number of hydrogen-bond donors (Lipinski definition) is 3. The molecule has 0 fully saturated rings. The predicted molar refractivity (Wildman–Crippen MR) is 278 cm³/mol. The van der Waals surface area contributed by atoms with E-state index >= 15 is 0 Å². The molecule has 0 radical (unpaired) electrons. The van der Waals surface area contributed by atoms with Gasteiger partial charge in [0.25, 0.3) is 0 Å². The second-order valence-corrected chi connectivity index (χ2v) is 18.8. The van der Waals surface area contributed by atoms with Crippen LogP contribution in [-0.4, -0.2) is 46.9 Å². The van der Waals surface area contributed by atoms with Crippen LogP contribution < -0.4 is 5.32 Å². The minimum Gasteiger partial charge on any atom is -0.462 e. The van der Waals surface area contributed by atoms with Gasteiger partial charge in [-0.3, -0.25) is 9.59 Å². The van der Waals surface area contributed by atoms with Gasteiger partial charge in [-0.25, -0.2) is 0 Å². The average Bonchev–Trinajstić information content (AvgIpc) is 3.29. The molecule has 3 N–H and O–H groups in total. The summed E-state index contributed by atoms with van der Waals surface area (Å²) in [5.41, 5.74) is 0. The molecular formula is C58H105NO5. The lowest BCUT2D eigenvalue weighted by atomic mass is 10.0. The molecule has 1 amide bonds. The zero-order valence-electron chi connectivity index (χ0n) is 42.4. The van der Waals surface area contributed by atoms with Gasteiger partial charge in [-0.1, -0.05) is 274 Å². The number of rotatable bonds is 49. The Balaban J connectivity index is 4.64. The Morgan fingerprint density at radius 1 is 0.453 bits per heavy atom. The molecule has 0 saturated heterocycles. The molecule has 64 heavy (non-hydrogen) atoms. The molecule has 0 saturated carbocycles. The second kappa shape index (κ2) is 51.5. The van der Waals surface area contributed by atoms with E-state index in [2.05, 4.69) is 50.4 Å². The highest BCUT2D eigenvalue weighted by Crippen LogP contribution is 2.18. The van der Waals surface area contributed by atoms with Gasteiger partial charge < -0.3 is 20.3 Å². The molecule has 0 bridgehead atoms. The van der Waals surface area contributed by atoms with Gasteiger partial charge in [0.2, 0.25) is 5.91 Å². The van der Waals surface area contributed by atoms with E-state index in [1.54, 1.807) is 0 Å². The predicted octanol–water partition coefficient (Wildman–Crippen LogP) is 16.8. The Hall–Kier alpha value is -2.44. The molecule has 3 atom stereocenters. The third kappa shape index (κ3) is 46.1. The van der Waals surface area contributed by atoms with E-state index in [0.717, 1.165) is 70.6 Å². The first-order valence-electron chi connectivity index (χ1n) is 27.6. The number of aliphatic hydroxyl groups excluding tert-OH is 2. The first kappa shape index (κ1) is 61.6. The standard InChI is InChI=1S/C58H105NO5/c1-4-7-10-13-16-19-22-25-28-30-31-34-37-40-43-46-49-54(64-58(63)51-48-45-42-39-36-33-27-24-21-18-15-12-9-6-3)52-57(62)59-55(53-60)56(61)50-47-44-41-38-35-32-29-26-23-20-17-14-11-8-5-2/h10,13,16,19,22,25,28,30-31,34,54-56,60-61H,4-9,11-12,14-15,17-18,20-21,23-24,26-27,29,32-33,35-53H2,1-3H3,(H,59,62)/b13-10+,19-16+,25-22+,30-28+,34-31+. The molecule has 0 aromatic carbocycles. The Labute approximate surface area is 397 Å². The molecule has 0 heterocycles. The maximum absolute atomic E-state index is 13.2. The zero-order chi connectivity index (χ0) is 46.7. The summed E-state index contributed by atoms with van der Waals surface area (Å²) >= 11 is 0. The van der Waals surface area contributed by atoms with Crippen LogP contribution in [0.15, 0.2) is 60.8 Å². The van der Waals surface area contributed by atoms with Gasteiger partial charge in [0.15, 0.2) is 0 Å². The number of carbonyl (C=O) groups excluding carboxylic acids is 2. The summed E-state index contributed by atoms with van der Waals surface area (Å²) in [6.45, 7) is 6.40. The highest BCUT2D eigenvalue weighted by Gasteiger charge is 2.24. The van der Waals surface area contributed by atoms with Crippen LogP contribution in [0.5, 0.6) is 0 Å². The first-order valence-corrected chi connectivity index (χ1v) is 27.6. The highest BCUT2D eigenvalue weighted by atomic mass is 16.5. The highest BCUT2D eigenvalue weighted by molar-refractivity contribution is 5.77.